The molecule has 0 radical (unpaired) electrons. The van der Waals surface area contributed by atoms with Crippen molar-refractivity contribution in [2.24, 2.45) is 0 Å². The Balaban J connectivity index is 2.27. The highest BCUT2D eigenvalue weighted by molar-refractivity contribution is 14.1. The van der Waals surface area contributed by atoms with E-state index in [4.69, 9.17) is 4.74 Å². The number of halogens is 1. The average molecular weight is 409 g/mol. The highest BCUT2D eigenvalue weighted by Crippen LogP contribution is 2.29. The molecule has 0 aliphatic heterocycles. The molecule has 1 aliphatic carbocycles. The molecule has 112 valence electrons. The topological polar surface area (TPSA) is 46.6 Å². The van der Waals surface area contributed by atoms with Gasteiger partial charge < -0.3 is 4.74 Å². The Kier molecular flexibility index (Phi) is 5.30. The number of nitrogens with zero attached hydrogens (tertiary/aromatic N) is 1. The van der Waals surface area contributed by atoms with Crippen molar-refractivity contribution in [3.05, 3.63) is 21.8 Å². The summed E-state index contributed by atoms with van der Waals surface area (Å²) in [6.45, 7) is 0. The molecule has 6 heteroatoms. The van der Waals surface area contributed by atoms with Crippen LogP contribution in [0.2, 0.25) is 0 Å². The number of benzene rings is 1. The molecule has 0 bridgehead atoms. The zero-order valence-electron chi connectivity index (χ0n) is 11.8. The molecule has 0 saturated heterocycles. The van der Waals surface area contributed by atoms with Crippen molar-refractivity contribution in [1.82, 2.24) is 4.31 Å². The zero-order chi connectivity index (χ0) is 14.8. The summed E-state index contributed by atoms with van der Waals surface area (Å²) in [6.07, 6.45) is 5.37. The van der Waals surface area contributed by atoms with E-state index in [0.29, 0.717) is 10.6 Å². The third-order valence-corrected chi connectivity index (χ3v) is 6.64. The maximum Gasteiger partial charge on any atom is 0.243 e. The van der Waals surface area contributed by atoms with Gasteiger partial charge >= 0.3 is 0 Å². The van der Waals surface area contributed by atoms with Gasteiger partial charge in [-0.1, -0.05) is 19.3 Å². The molecule has 1 aromatic rings. The lowest BCUT2D eigenvalue weighted by Crippen LogP contribution is -2.38. The Morgan fingerprint density at radius 2 is 1.90 bits per heavy atom. The fourth-order valence-corrected chi connectivity index (χ4v) is 5.00. The van der Waals surface area contributed by atoms with Crippen molar-refractivity contribution in [1.29, 1.82) is 0 Å². The molecule has 0 unspecified atom stereocenters. The van der Waals surface area contributed by atoms with Gasteiger partial charge in [0.2, 0.25) is 10.0 Å². The van der Waals surface area contributed by atoms with Crippen LogP contribution < -0.4 is 4.74 Å². The minimum atomic E-state index is -3.41. The summed E-state index contributed by atoms with van der Waals surface area (Å²) in [6, 6.07) is 5.14. The predicted molar refractivity (Wildman–Crippen MR) is 87.5 cm³/mol. The molecule has 2 rings (SSSR count). The Hall–Kier alpha value is -0.340. The first-order chi connectivity index (χ1) is 9.46. The summed E-state index contributed by atoms with van der Waals surface area (Å²) in [5, 5.41) is 0. The van der Waals surface area contributed by atoms with Gasteiger partial charge in [-0.25, -0.2) is 8.42 Å². The molecule has 1 saturated carbocycles. The lowest BCUT2D eigenvalue weighted by molar-refractivity contribution is 0.286. The molecule has 4 nitrogen and oxygen atoms in total. The van der Waals surface area contributed by atoms with Crippen LogP contribution in [0.5, 0.6) is 5.75 Å². The first-order valence-corrected chi connectivity index (χ1v) is 9.30. The number of hydrogen-bond acceptors (Lipinski definition) is 3. The maximum absolute atomic E-state index is 12.7. The van der Waals surface area contributed by atoms with Gasteiger partial charge in [-0.2, -0.15) is 4.31 Å². The smallest absolute Gasteiger partial charge is 0.243 e. The summed E-state index contributed by atoms with van der Waals surface area (Å²) in [7, 11) is -0.133. The third kappa shape index (κ3) is 3.28. The normalized spacial score (nSPS) is 17.4. The largest absolute Gasteiger partial charge is 0.496 e. The molecular weight excluding hydrogens is 389 g/mol. The van der Waals surface area contributed by atoms with E-state index in [1.54, 1.807) is 36.7 Å². The average Bonchev–Trinajstić information content (AvgIpc) is 2.47. The van der Waals surface area contributed by atoms with E-state index in [-0.39, 0.29) is 6.04 Å². The predicted octanol–water partition coefficient (Wildman–Crippen LogP) is 3.25. The molecule has 1 aliphatic rings. The van der Waals surface area contributed by atoms with Crippen molar-refractivity contribution in [2.75, 3.05) is 14.2 Å². The van der Waals surface area contributed by atoms with Crippen molar-refractivity contribution in [3.63, 3.8) is 0 Å². The molecule has 1 aromatic carbocycles. The number of hydrogen-bond donors (Lipinski definition) is 0. The molecule has 0 aromatic heterocycles. The summed E-state index contributed by atoms with van der Waals surface area (Å²) < 4.78 is 32.9. The second kappa shape index (κ2) is 6.62. The second-order valence-electron chi connectivity index (χ2n) is 5.11. The first kappa shape index (κ1) is 16.0. The van der Waals surface area contributed by atoms with Crippen LogP contribution in [0, 0.1) is 3.57 Å². The molecule has 0 amide bonds. The standard InChI is InChI=1S/C14H20INO3S/c1-16(11-6-4-3-5-7-11)20(17,18)12-8-9-14(19-2)13(15)10-12/h8-11H,3-7H2,1-2H3. The Morgan fingerprint density at radius 3 is 2.45 bits per heavy atom. The van der Waals surface area contributed by atoms with Crippen molar-refractivity contribution in [2.45, 2.75) is 43.0 Å². The van der Waals surface area contributed by atoms with E-state index >= 15 is 0 Å². The number of rotatable bonds is 4. The first-order valence-electron chi connectivity index (χ1n) is 6.78. The fraction of sp³-hybridized carbons (Fsp3) is 0.571. The van der Waals surface area contributed by atoms with Crippen LogP contribution in [0.25, 0.3) is 0 Å². The lowest BCUT2D eigenvalue weighted by atomic mass is 9.96. The van der Waals surface area contributed by atoms with Gasteiger partial charge in [0.1, 0.15) is 5.75 Å². The Labute approximate surface area is 134 Å². The summed E-state index contributed by atoms with van der Waals surface area (Å²) >= 11 is 2.10. The lowest BCUT2D eigenvalue weighted by Gasteiger charge is -2.30. The molecule has 0 heterocycles. The molecule has 0 spiro atoms. The van der Waals surface area contributed by atoms with Gasteiger partial charge in [0.15, 0.2) is 0 Å². The van der Waals surface area contributed by atoms with Crippen LogP contribution in [0.1, 0.15) is 32.1 Å². The minimum Gasteiger partial charge on any atom is -0.496 e. The van der Waals surface area contributed by atoms with E-state index in [2.05, 4.69) is 22.6 Å². The Bertz CT molecular complexity index is 568. The SMILES string of the molecule is COc1ccc(S(=O)(=O)N(C)C2CCCCC2)cc1I. The van der Waals surface area contributed by atoms with E-state index in [1.807, 2.05) is 0 Å². The van der Waals surface area contributed by atoms with E-state index in [9.17, 15) is 8.42 Å². The van der Waals surface area contributed by atoms with Gasteiger partial charge in [-0.3, -0.25) is 0 Å². The highest BCUT2D eigenvalue weighted by atomic mass is 127. The monoisotopic (exact) mass is 409 g/mol. The van der Waals surface area contributed by atoms with E-state index < -0.39 is 10.0 Å². The third-order valence-electron chi connectivity index (χ3n) is 3.89. The summed E-state index contributed by atoms with van der Waals surface area (Å²) in [5.41, 5.74) is 0. The van der Waals surface area contributed by atoms with Gasteiger partial charge in [-0.15, -0.1) is 0 Å². The van der Waals surface area contributed by atoms with Crippen LogP contribution in [0.4, 0.5) is 0 Å². The van der Waals surface area contributed by atoms with Crippen LogP contribution in [-0.2, 0) is 10.0 Å². The van der Waals surface area contributed by atoms with Crippen molar-refractivity contribution < 1.29 is 13.2 Å². The summed E-state index contributed by atoms with van der Waals surface area (Å²) in [5.74, 6) is 0.699. The van der Waals surface area contributed by atoms with Gasteiger partial charge in [0.05, 0.1) is 15.6 Å². The van der Waals surface area contributed by atoms with Gasteiger partial charge in [0, 0.05) is 13.1 Å². The van der Waals surface area contributed by atoms with Crippen LogP contribution in [-0.4, -0.2) is 32.9 Å². The molecule has 20 heavy (non-hydrogen) atoms. The molecule has 0 atom stereocenters. The van der Waals surface area contributed by atoms with Gasteiger partial charge in [-0.05, 0) is 53.6 Å². The van der Waals surface area contributed by atoms with Crippen molar-refractivity contribution >= 4 is 32.6 Å². The number of sulfonamides is 1. The second-order valence-corrected chi connectivity index (χ2v) is 8.27. The van der Waals surface area contributed by atoms with E-state index in [1.165, 1.54) is 6.42 Å². The zero-order valence-corrected chi connectivity index (χ0v) is 14.8. The summed E-state index contributed by atoms with van der Waals surface area (Å²) in [4.78, 5) is 0.343. The van der Waals surface area contributed by atoms with Crippen LogP contribution in [0.15, 0.2) is 23.1 Å². The Morgan fingerprint density at radius 1 is 1.25 bits per heavy atom. The highest BCUT2D eigenvalue weighted by Gasteiger charge is 2.29. The quantitative estimate of drug-likeness (QED) is 0.718. The number of methoxy groups -OCH3 is 1. The van der Waals surface area contributed by atoms with Gasteiger partial charge in [0.25, 0.3) is 0 Å². The fourth-order valence-electron chi connectivity index (χ4n) is 2.61. The minimum absolute atomic E-state index is 0.133. The van der Waals surface area contributed by atoms with E-state index in [0.717, 1.165) is 29.3 Å². The van der Waals surface area contributed by atoms with Crippen LogP contribution >= 0.6 is 22.6 Å². The molecule has 0 N–H and O–H groups in total. The number of ether oxygens (including phenoxy) is 1. The van der Waals surface area contributed by atoms with Crippen LogP contribution in [0.3, 0.4) is 0 Å². The molecular formula is C14H20INO3S. The van der Waals surface area contributed by atoms with Crippen molar-refractivity contribution in [3.8, 4) is 5.75 Å². The molecule has 1 fully saturated rings. The maximum atomic E-state index is 12.7.